The molecule has 2 atom stereocenters. The highest BCUT2D eigenvalue weighted by molar-refractivity contribution is 5.83. The number of halogens is 1. The number of benzene rings is 2. The number of allylic oxidation sites excluding steroid dienone is 3. The van der Waals surface area contributed by atoms with Gasteiger partial charge >= 0.3 is 0 Å². The molecule has 0 fully saturated rings. The molecule has 0 radical (unpaired) electrons. The molecule has 2 aromatic carbocycles. The fraction of sp³-hybridized carbons (Fsp3) is 0.344. The Morgan fingerprint density at radius 2 is 1.83 bits per heavy atom. The van der Waals surface area contributed by atoms with Crippen molar-refractivity contribution in [3.05, 3.63) is 95.6 Å². The van der Waals surface area contributed by atoms with Crippen molar-refractivity contribution in [3.8, 4) is 0 Å². The Kier molecular flexibility index (Phi) is 8.00. The van der Waals surface area contributed by atoms with Gasteiger partial charge in [0.05, 0.1) is 5.69 Å². The minimum absolute atomic E-state index is 0.376. The molecule has 0 saturated carbocycles. The van der Waals surface area contributed by atoms with Crippen molar-refractivity contribution in [2.45, 2.75) is 60.1 Å². The van der Waals surface area contributed by atoms with Crippen molar-refractivity contribution in [1.82, 2.24) is 5.32 Å². The van der Waals surface area contributed by atoms with Gasteiger partial charge in [-0.3, -0.25) is 4.99 Å². The van der Waals surface area contributed by atoms with Crippen molar-refractivity contribution >= 4 is 28.7 Å². The van der Waals surface area contributed by atoms with Gasteiger partial charge in [-0.2, -0.15) is 0 Å². The first-order valence-corrected chi connectivity index (χ1v) is 12.4. The predicted molar refractivity (Wildman–Crippen MR) is 152 cm³/mol. The Morgan fingerprint density at radius 1 is 1.14 bits per heavy atom. The van der Waals surface area contributed by atoms with Crippen LogP contribution in [0.15, 0.2) is 78.3 Å². The van der Waals surface area contributed by atoms with Crippen LogP contribution in [0.1, 0.15) is 69.7 Å². The summed E-state index contributed by atoms with van der Waals surface area (Å²) in [6.45, 7) is 20.6. The van der Waals surface area contributed by atoms with E-state index in [2.05, 4.69) is 74.6 Å². The Hall–Kier alpha value is -3.20. The van der Waals surface area contributed by atoms with E-state index < -0.39 is 5.67 Å². The minimum atomic E-state index is -1.56. The van der Waals surface area contributed by atoms with Gasteiger partial charge in [-0.15, -0.1) is 0 Å². The molecule has 1 N–H and O–H groups in total. The maximum atomic E-state index is 16.6. The SMILES string of the molecule is C=Cc1ccc(C2=CCC(C)(CNC(=C)c3ccc(C)c(N=C(C)C)c3)/C(=C\CC)C2(C)F)cc1. The molecule has 2 nitrogen and oxygen atoms in total. The third kappa shape index (κ3) is 5.73. The molecule has 0 saturated heterocycles. The molecule has 3 heteroatoms. The van der Waals surface area contributed by atoms with Crippen molar-refractivity contribution in [1.29, 1.82) is 0 Å². The normalized spacial score (nSPS) is 22.9. The largest absolute Gasteiger partial charge is 0.384 e. The highest BCUT2D eigenvalue weighted by atomic mass is 19.1. The van der Waals surface area contributed by atoms with Crippen LogP contribution in [0.25, 0.3) is 17.3 Å². The minimum Gasteiger partial charge on any atom is -0.384 e. The maximum Gasteiger partial charge on any atom is 0.155 e. The van der Waals surface area contributed by atoms with Gasteiger partial charge < -0.3 is 5.32 Å². The van der Waals surface area contributed by atoms with Crippen molar-refractivity contribution in [2.75, 3.05) is 6.54 Å². The van der Waals surface area contributed by atoms with Crippen LogP contribution in [0.3, 0.4) is 0 Å². The zero-order chi connectivity index (χ0) is 25.8. The summed E-state index contributed by atoms with van der Waals surface area (Å²) in [5, 5.41) is 3.51. The molecule has 35 heavy (non-hydrogen) atoms. The van der Waals surface area contributed by atoms with Crippen molar-refractivity contribution in [2.24, 2.45) is 10.4 Å². The summed E-state index contributed by atoms with van der Waals surface area (Å²) in [6.07, 6.45) is 7.47. The Labute approximate surface area is 211 Å². The number of rotatable bonds is 8. The van der Waals surface area contributed by atoms with Crippen LogP contribution >= 0.6 is 0 Å². The summed E-state index contributed by atoms with van der Waals surface area (Å²) >= 11 is 0. The van der Waals surface area contributed by atoms with Gasteiger partial charge in [0.1, 0.15) is 0 Å². The van der Waals surface area contributed by atoms with E-state index in [-0.39, 0.29) is 5.41 Å². The van der Waals surface area contributed by atoms with Gasteiger partial charge in [0.15, 0.2) is 5.67 Å². The van der Waals surface area contributed by atoms with E-state index in [1.807, 2.05) is 38.1 Å². The quantitative estimate of drug-likeness (QED) is 0.302. The first-order chi connectivity index (χ1) is 16.5. The number of hydrogen-bond donors (Lipinski definition) is 1. The van der Waals surface area contributed by atoms with E-state index >= 15 is 4.39 Å². The highest BCUT2D eigenvalue weighted by Crippen LogP contribution is 2.51. The predicted octanol–water partition coefficient (Wildman–Crippen LogP) is 8.87. The van der Waals surface area contributed by atoms with Crippen molar-refractivity contribution in [3.63, 3.8) is 0 Å². The fourth-order valence-electron chi connectivity index (χ4n) is 4.90. The first-order valence-electron chi connectivity index (χ1n) is 12.4. The second-order valence-electron chi connectivity index (χ2n) is 10.1. The lowest BCUT2D eigenvalue weighted by Gasteiger charge is -2.44. The molecule has 2 unspecified atom stereocenters. The van der Waals surface area contributed by atoms with Crippen LogP contribution in [-0.4, -0.2) is 17.9 Å². The van der Waals surface area contributed by atoms with Crippen LogP contribution in [-0.2, 0) is 0 Å². The average Bonchev–Trinajstić information content (AvgIpc) is 2.81. The molecule has 1 aliphatic rings. The zero-order valence-corrected chi connectivity index (χ0v) is 22.1. The Bertz CT molecular complexity index is 1190. The summed E-state index contributed by atoms with van der Waals surface area (Å²) in [5.74, 6) is 0. The van der Waals surface area contributed by atoms with E-state index in [9.17, 15) is 0 Å². The van der Waals surface area contributed by atoms with Gasteiger partial charge in [-0.05, 0) is 80.0 Å². The summed E-state index contributed by atoms with van der Waals surface area (Å²) in [4.78, 5) is 4.64. The van der Waals surface area contributed by atoms with Crippen molar-refractivity contribution < 1.29 is 4.39 Å². The van der Waals surface area contributed by atoms with E-state index in [0.717, 1.165) is 63.3 Å². The number of alkyl halides is 1. The molecule has 0 heterocycles. The standard InChI is InChI=1S/C32H39FN2/c1-9-11-30-31(7,19-18-28(32(30,8)33)26-16-13-25(10-2)14-17-26)21-34-24(6)27-15-12-23(5)29(20-27)35-22(3)4/h10-18,20,34H,2,6,9,19,21H2,1,3-5,7-8H3/b30-11+. The van der Waals surface area contributed by atoms with Crippen LogP contribution in [0.5, 0.6) is 0 Å². The molecular formula is C32H39FN2. The molecular weight excluding hydrogens is 431 g/mol. The third-order valence-corrected chi connectivity index (χ3v) is 6.88. The van der Waals surface area contributed by atoms with Gasteiger partial charge in [0, 0.05) is 23.4 Å². The number of aliphatic imine (C=N–C) groups is 1. The van der Waals surface area contributed by atoms with Gasteiger partial charge in [-0.25, -0.2) is 4.39 Å². The third-order valence-electron chi connectivity index (χ3n) is 6.88. The molecule has 0 spiro atoms. The van der Waals surface area contributed by atoms with E-state index in [4.69, 9.17) is 0 Å². The van der Waals surface area contributed by atoms with Gasteiger partial charge in [0.2, 0.25) is 0 Å². The molecule has 184 valence electrons. The molecule has 0 aromatic heterocycles. The highest BCUT2D eigenvalue weighted by Gasteiger charge is 2.46. The molecule has 1 aliphatic carbocycles. The average molecular weight is 471 g/mol. The molecule has 0 aliphatic heterocycles. The van der Waals surface area contributed by atoms with Crippen LogP contribution < -0.4 is 5.32 Å². The summed E-state index contributed by atoms with van der Waals surface area (Å²) in [5.41, 5.74) is 6.48. The zero-order valence-electron chi connectivity index (χ0n) is 22.1. The smallest absolute Gasteiger partial charge is 0.155 e. The monoisotopic (exact) mass is 470 g/mol. The van der Waals surface area contributed by atoms with Crippen LogP contribution in [0.2, 0.25) is 0 Å². The molecule has 0 amide bonds. The molecule has 0 bridgehead atoms. The van der Waals surface area contributed by atoms with Crippen LogP contribution in [0, 0.1) is 12.3 Å². The lowest BCUT2D eigenvalue weighted by Crippen LogP contribution is -2.43. The number of aryl methyl sites for hydroxylation is 1. The second kappa shape index (κ2) is 10.6. The second-order valence-corrected chi connectivity index (χ2v) is 10.1. The summed E-state index contributed by atoms with van der Waals surface area (Å²) < 4.78 is 16.6. The van der Waals surface area contributed by atoms with Gasteiger partial charge in [-0.1, -0.05) is 81.6 Å². The van der Waals surface area contributed by atoms with E-state index in [1.54, 1.807) is 13.0 Å². The lowest BCUT2D eigenvalue weighted by molar-refractivity contribution is 0.234. The molecule has 2 aromatic rings. The lowest BCUT2D eigenvalue weighted by atomic mass is 9.64. The van der Waals surface area contributed by atoms with Crippen LogP contribution in [0.4, 0.5) is 10.1 Å². The number of nitrogens with one attached hydrogen (secondary N) is 1. The topological polar surface area (TPSA) is 24.4 Å². The Morgan fingerprint density at radius 3 is 2.43 bits per heavy atom. The number of nitrogens with zero attached hydrogens (tertiary/aromatic N) is 1. The summed E-state index contributed by atoms with van der Waals surface area (Å²) in [6, 6.07) is 14.1. The summed E-state index contributed by atoms with van der Waals surface area (Å²) in [7, 11) is 0. The first kappa shape index (κ1) is 26.4. The number of hydrogen-bond acceptors (Lipinski definition) is 2. The fourth-order valence-corrected chi connectivity index (χ4v) is 4.90. The molecule has 3 rings (SSSR count). The maximum absolute atomic E-state index is 16.6. The van der Waals surface area contributed by atoms with Gasteiger partial charge in [0.25, 0.3) is 0 Å². The van der Waals surface area contributed by atoms with E-state index in [1.165, 1.54) is 0 Å². The Balaban J connectivity index is 1.88. The van der Waals surface area contributed by atoms with E-state index in [0.29, 0.717) is 6.54 Å².